The topological polar surface area (TPSA) is 178 Å². The summed E-state index contributed by atoms with van der Waals surface area (Å²) < 4.78 is 25.0. The number of carboxylic acids is 1. The molecule has 13 heteroatoms. The van der Waals surface area contributed by atoms with Gasteiger partial charge in [0.25, 0.3) is 5.56 Å². The van der Waals surface area contributed by atoms with Gasteiger partial charge in [-0.2, -0.15) is 0 Å². The van der Waals surface area contributed by atoms with Gasteiger partial charge < -0.3 is 34.5 Å². The summed E-state index contributed by atoms with van der Waals surface area (Å²) >= 11 is 0. The van der Waals surface area contributed by atoms with Crippen molar-refractivity contribution in [2.75, 3.05) is 27.4 Å². The van der Waals surface area contributed by atoms with Crippen LogP contribution in [-0.2, 0) is 24.7 Å². The van der Waals surface area contributed by atoms with Crippen molar-refractivity contribution in [2.45, 2.75) is 43.3 Å². The van der Waals surface area contributed by atoms with Gasteiger partial charge in [0.05, 0.1) is 39.9 Å². The summed E-state index contributed by atoms with van der Waals surface area (Å²) in [7, 11) is 3.18. The molecule has 0 radical (unpaired) electrons. The predicted octanol–water partition coefficient (Wildman–Crippen LogP) is 2.54. The van der Waals surface area contributed by atoms with E-state index in [1.807, 2.05) is 78.9 Å². The van der Waals surface area contributed by atoms with Gasteiger partial charge in [-0.05, 0) is 41.0 Å². The van der Waals surface area contributed by atoms with Gasteiger partial charge in [0.2, 0.25) is 5.91 Å². The number of carbonyl (C=O) groups excluding carboxylic acids is 1. The predicted molar refractivity (Wildman–Crippen MR) is 181 cm³/mol. The van der Waals surface area contributed by atoms with Gasteiger partial charge in [0.1, 0.15) is 35.0 Å². The zero-order valence-corrected chi connectivity index (χ0v) is 27.5. The third kappa shape index (κ3) is 8.12. The standard InChI is InChI=1S/C37H37N3O10/c1-47-28-14-10-26(11-15-28)37(25-8-4-3-5-9-25,27-12-16-29(48-2)17-13-27)49-23-31-30(41)21-33(50-31)40-22-24(35(45)39-36(40)46)7-6-20-38-32(42)18-19-34(43)44/h3-5,8-17,22,30-31,33,41H,18-21,23H2,1-2H3,(H,38,42)(H,43,44)(H,39,45,46)/t30-,31+,33+/m0/s1. The number of hydrogen-bond donors (Lipinski definition) is 4. The molecule has 0 unspecified atom stereocenters. The van der Waals surface area contributed by atoms with Crippen LogP contribution in [0.1, 0.15) is 47.7 Å². The molecule has 3 atom stereocenters. The molecule has 0 bridgehead atoms. The van der Waals surface area contributed by atoms with Gasteiger partial charge in [0, 0.05) is 19.0 Å². The van der Waals surface area contributed by atoms with Crippen LogP contribution in [0.25, 0.3) is 0 Å². The minimum absolute atomic E-state index is 0.0237. The SMILES string of the molecule is COc1ccc(C(OC[C@H]2O[C@@H](n3cc(C#CCNC(=O)CCC(=O)O)c(=O)[nH]c3=O)C[C@@H]2O)(c2ccccc2)c2ccc(OC)cc2)cc1. The van der Waals surface area contributed by atoms with Crippen LogP contribution in [0, 0.1) is 11.8 Å². The van der Waals surface area contributed by atoms with Crippen LogP contribution >= 0.6 is 0 Å². The first-order valence-corrected chi connectivity index (χ1v) is 15.8. The highest BCUT2D eigenvalue weighted by atomic mass is 16.6. The number of ether oxygens (including phenoxy) is 4. The van der Waals surface area contributed by atoms with Crippen LogP contribution in [0.3, 0.4) is 0 Å². The quantitative estimate of drug-likeness (QED) is 0.121. The molecular formula is C37H37N3O10. The van der Waals surface area contributed by atoms with Gasteiger partial charge in [-0.1, -0.05) is 66.4 Å². The monoisotopic (exact) mass is 683 g/mol. The Kier molecular flexibility index (Phi) is 11.5. The minimum atomic E-state index is -1.17. The van der Waals surface area contributed by atoms with Crippen LogP contribution in [0.5, 0.6) is 11.5 Å². The molecule has 4 N–H and O–H groups in total. The molecule has 1 saturated heterocycles. The van der Waals surface area contributed by atoms with Gasteiger partial charge in [0.15, 0.2) is 0 Å². The number of aromatic nitrogens is 2. The Balaban J connectivity index is 1.40. The van der Waals surface area contributed by atoms with Gasteiger partial charge >= 0.3 is 11.7 Å². The van der Waals surface area contributed by atoms with Crippen molar-refractivity contribution in [3.05, 3.63) is 128 Å². The van der Waals surface area contributed by atoms with Crippen LogP contribution in [0.4, 0.5) is 0 Å². The number of aliphatic hydroxyl groups excluding tert-OH is 1. The van der Waals surface area contributed by atoms with E-state index in [1.165, 1.54) is 6.20 Å². The number of carboxylic acid groups (broad SMARTS) is 1. The lowest BCUT2D eigenvalue weighted by Gasteiger charge is -2.37. The lowest BCUT2D eigenvalue weighted by atomic mass is 9.80. The number of amides is 1. The molecule has 4 aromatic rings. The fourth-order valence-electron chi connectivity index (χ4n) is 5.70. The third-order valence-electron chi connectivity index (χ3n) is 8.28. The lowest BCUT2D eigenvalue weighted by Crippen LogP contribution is -2.38. The van der Waals surface area contributed by atoms with E-state index in [2.05, 4.69) is 22.1 Å². The van der Waals surface area contributed by atoms with E-state index in [1.54, 1.807) is 14.2 Å². The van der Waals surface area contributed by atoms with E-state index in [0.29, 0.717) is 11.5 Å². The van der Waals surface area contributed by atoms with Gasteiger partial charge in [-0.15, -0.1) is 0 Å². The number of hydrogen-bond acceptors (Lipinski definition) is 9. The molecule has 260 valence electrons. The largest absolute Gasteiger partial charge is 0.497 e. The van der Waals surface area contributed by atoms with E-state index in [0.717, 1.165) is 21.3 Å². The number of benzene rings is 3. The Morgan fingerprint density at radius 1 is 0.940 bits per heavy atom. The number of aliphatic hydroxyl groups is 1. The maximum absolute atomic E-state index is 12.9. The Morgan fingerprint density at radius 2 is 1.54 bits per heavy atom. The second-order valence-corrected chi connectivity index (χ2v) is 11.4. The average Bonchev–Trinajstić information content (AvgIpc) is 3.50. The molecule has 5 rings (SSSR count). The highest BCUT2D eigenvalue weighted by molar-refractivity contribution is 5.80. The van der Waals surface area contributed by atoms with Crippen LogP contribution < -0.4 is 26.0 Å². The van der Waals surface area contributed by atoms with Gasteiger partial charge in [-0.25, -0.2) is 4.79 Å². The molecule has 1 aliphatic heterocycles. The van der Waals surface area contributed by atoms with Crippen LogP contribution in [0.2, 0.25) is 0 Å². The Labute approximate surface area is 287 Å². The second kappa shape index (κ2) is 16.1. The Bertz CT molecular complexity index is 1910. The fraction of sp³-hybridized carbons (Fsp3) is 0.297. The number of rotatable bonds is 13. The fourth-order valence-corrected chi connectivity index (χ4v) is 5.70. The van der Waals surface area contributed by atoms with Crippen molar-refractivity contribution < 1.29 is 38.7 Å². The molecule has 3 aromatic carbocycles. The summed E-state index contributed by atoms with van der Waals surface area (Å²) in [4.78, 5) is 50.0. The summed E-state index contributed by atoms with van der Waals surface area (Å²) in [6.45, 7) is -0.225. The van der Waals surface area contributed by atoms with Crippen molar-refractivity contribution in [1.29, 1.82) is 0 Å². The average molecular weight is 684 g/mol. The zero-order valence-electron chi connectivity index (χ0n) is 27.5. The Hall–Kier alpha value is -5.68. The summed E-state index contributed by atoms with van der Waals surface area (Å²) in [5, 5.41) is 22.3. The summed E-state index contributed by atoms with van der Waals surface area (Å²) in [5.74, 6) is 4.97. The molecule has 13 nitrogen and oxygen atoms in total. The molecule has 0 aliphatic carbocycles. The number of aromatic amines is 1. The number of H-pyrrole nitrogens is 1. The molecule has 1 aromatic heterocycles. The van der Waals surface area contributed by atoms with Crippen LogP contribution in [-0.4, -0.2) is 71.2 Å². The molecule has 1 amide bonds. The van der Waals surface area contributed by atoms with Crippen molar-refractivity contribution in [3.63, 3.8) is 0 Å². The van der Waals surface area contributed by atoms with Crippen LogP contribution in [0.15, 0.2) is 94.6 Å². The number of carbonyl (C=O) groups is 2. The molecule has 1 fully saturated rings. The molecular weight excluding hydrogens is 646 g/mol. The summed E-state index contributed by atoms with van der Waals surface area (Å²) in [6.07, 6.45) is -2.11. The summed E-state index contributed by atoms with van der Waals surface area (Å²) in [6, 6.07) is 24.6. The minimum Gasteiger partial charge on any atom is -0.497 e. The van der Waals surface area contributed by atoms with Crippen molar-refractivity contribution >= 4 is 11.9 Å². The highest BCUT2D eigenvalue weighted by Crippen LogP contribution is 2.42. The van der Waals surface area contributed by atoms with E-state index < -0.39 is 47.2 Å². The maximum atomic E-state index is 12.9. The third-order valence-corrected chi connectivity index (χ3v) is 8.28. The zero-order chi connectivity index (χ0) is 35.7. The van der Waals surface area contributed by atoms with E-state index >= 15 is 0 Å². The first kappa shape index (κ1) is 35.6. The molecule has 0 saturated carbocycles. The summed E-state index contributed by atoms with van der Waals surface area (Å²) in [5.41, 5.74) is -0.324. The lowest BCUT2D eigenvalue weighted by molar-refractivity contribution is -0.138. The van der Waals surface area contributed by atoms with Gasteiger partial charge in [-0.3, -0.25) is 23.9 Å². The molecule has 2 heterocycles. The van der Waals surface area contributed by atoms with E-state index in [4.69, 9.17) is 24.1 Å². The maximum Gasteiger partial charge on any atom is 0.330 e. The molecule has 50 heavy (non-hydrogen) atoms. The Morgan fingerprint density at radius 3 is 2.12 bits per heavy atom. The molecule has 0 spiro atoms. The van der Waals surface area contributed by atoms with Crippen molar-refractivity contribution in [1.82, 2.24) is 14.9 Å². The number of aliphatic carboxylic acids is 1. The number of methoxy groups -OCH3 is 2. The number of nitrogens with one attached hydrogen (secondary N) is 2. The molecule has 1 aliphatic rings. The number of nitrogens with zero attached hydrogens (tertiary/aromatic N) is 1. The van der Waals surface area contributed by atoms with Crippen molar-refractivity contribution in [2.24, 2.45) is 0 Å². The van der Waals surface area contributed by atoms with E-state index in [9.17, 15) is 24.3 Å². The van der Waals surface area contributed by atoms with E-state index in [-0.39, 0.29) is 38.0 Å². The highest BCUT2D eigenvalue weighted by Gasteiger charge is 2.42. The normalized spacial score (nSPS) is 17.0. The first-order chi connectivity index (χ1) is 24.1. The smallest absolute Gasteiger partial charge is 0.330 e. The second-order valence-electron chi connectivity index (χ2n) is 11.4. The first-order valence-electron chi connectivity index (χ1n) is 15.8. The van der Waals surface area contributed by atoms with Crippen molar-refractivity contribution in [3.8, 4) is 23.3 Å².